The maximum Gasteiger partial charge on any atom is 0.413 e. The Hall–Kier alpha value is -2.85. The number of amides is 2. The minimum Gasteiger partial charge on any atom is -0.454 e. The molecule has 2 aliphatic heterocycles. The summed E-state index contributed by atoms with van der Waals surface area (Å²) >= 11 is 1.41. The number of thiazole rings is 1. The Kier molecular flexibility index (Phi) is 5.31. The molecule has 0 aliphatic carbocycles. The minimum absolute atomic E-state index is 0.100. The Labute approximate surface area is 165 Å². The first-order valence-electron chi connectivity index (χ1n) is 8.95. The van der Waals surface area contributed by atoms with Crippen LogP contribution in [0.1, 0.15) is 17.5 Å². The van der Waals surface area contributed by atoms with Gasteiger partial charge in [-0.2, -0.15) is 0 Å². The molecular formula is C18H20N4O5S. The Morgan fingerprint density at radius 3 is 3.00 bits per heavy atom. The minimum atomic E-state index is -0.506. The van der Waals surface area contributed by atoms with E-state index in [1.54, 1.807) is 25.1 Å². The molecule has 1 aromatic carbocycles. The second kappa shape index (κ2) is 8.03. The molecule has 0 radical (unpaired) electrons. The van der Waals surface area contributed by atoms with E-state index in [-0.39, 0.29) is 19.2 Å². The number of hydrogen-bond donors (Lipinski definition) is 2. The fourth-order valence-electron chi connectivity index (χ4n) is 3.07. The quantitative estimate of drug-likeness (QED) is 0.789. The van der Waals surface area contributed by atoms with Crippen LogP contribution < -0.4 is 20.1 Å². The maximum absolute atomic E-state index is 12.4. The van der Waals surface area contributed by atoms with Gasteiger partial charge in [-0.1, -0.05) is 11.3 Å². The highest BCUT2D eigenvalue weighted by molar-refractivity contribution is 7.15. The van der Waals surface area contributed by atoms with Crippen molar-refractivity contribution in [1.82, 2.24) is 9.88 Å². The van der Waals surface area contributed by atoms with E-state index >= 15 is 0 Å². The standard InChI is InChI=1S/C18H20N4O5S/c1-2-25-18(24)21-17-20-12-5-6-22(8-15(12)28-17)9-16(23)19-11-3-4-13-14(7-11)27-10-26-13/h3-4,7H,2,5-6,8-10H2,1H3,(H,19,23)(H,20,21,24). The monoisotopic (exact) mass is 404 g/mol. The second-order valence-corrected chi connectivity index (χ2v) is 7.39. The first kappa shape index (κ1) is 18.5. The van der Waals surface area contributed by atoms with Gasteiger partial charge in [-0.3, -0.25) is 15.0 Å². The van der Waals surface area contributed by atoms with Crippen LogP contribution >= 0.6 is 11.3 Å². The average molecular weight is 404 g/mol. The van der Waals surface area contributed by atoms with E-state index in [1.807, 2.05) is 0 Å². The van der Waals surface area contributed by atoms with Crippen molar-refractivity contribution in [3.8, 4) is 11.5 Å². The lowest BCUT2D eigenvalue weighted by molar-refractivity contribution is -0.117. The van der Waals surface area contributed by atoms with Crippen molar-refractivity contribution in [2.75, 3.05) is 37.1 Å². The van der Waals surface area contributed by atoms with Crippen LogP contribution in [0.5, 0.6) is 11.5 Å². The van der Waals surface area contributed by atoms with Crippen LogP contribution in [-0.4, -0.2) is 48.4 Å². The third kappa shape index (κ3) is 4.18. The molecule has 3 heterocycles. The SMILES string of the molecule is CCOC(=O)Nc1nc2c(s1)CN(CC(=O)Nc1ccc3c(c1)OCO3)CC2. The number of carbonyl (C=O) groups excluding carboxylic acids is 2. The molecule has 4 rings (SSSR count). The molecule has 148 valence electrons. The van der Waals surface area contributed by atoms with Gasteiger partial charge in [-0.05, 0) is 19.1 Å². The van der Waals surface area contributed by atoms with Crippen LogP contribution in [0.25, 0.3) is 0 Å². The summed E-state index contributed by atoms with van der Waals surface area (Å²) < 4.78 is 15.5. The van der Waals surface area contributed by atoms with Crippen molar-refractivity contribution >= 4 is 34.2 Å². The molecule has 2 aromatic rings. The molecule has 10 heteroatoms. The summed E-state index contributed by atoms with van der Waals surface area (Å²) in [6.07, 6.45) is 0.224. The smallest absolute Gasteiger partial charge is 0.413 e. The van der Waals surface area contributed by atoms with Crippen molar-refractivity contribution in [2.45, 2.75) is 19.9 Å². The van der Waals surface area contributed by atoms with Gasteiger partial charge in [0.2, 0.25) is 12.7 Å². The number of nitrogens with one attached hydrogen (secondary N) is 2. The number of hydrogen-bond acceptors (Lipinski definition) is 8. The number of aromatic nitrogens is 1. The maximum atomic E-state index is 12.4. The summed E-state index contributed by atoms with van der Waals surface area (Å²) in [4.78, 5) is 31.5. The molecule has 0 atom stereocenters. The summed E-state index contributed by atoms with van der Waals surface area (Å²) in [5.74, 6) is 1.21. The first-order chi connectivity index (χ1) is 13.6. The Morgan fingerprint density at radius 2 is 2.14 bits per heavy atom. The van der Waals surface area contributed by atoms with E-state index in [9.17, 15) is 9.59 Å². The van der Waals surface area contributed by atoms with Crippen LogP contribution in [0.3, 0.4) is 0 Å². The summed E-state index contributed by atoms with van der Waals surface area (Å²) in [5, 5.41) is 6.04. The Balaban J connectivity index is 1.32. The molecular weight excluding hydrogens is 384 g/mol. The van der Waals surface area contributed by atoms with E-state index in [0.717, 1.165) is 23.5 Å². The van der Waals surface area contributed by atoms with Gasteiger partial charge < -0.3 is 19.5 Å². The Morgan fingerprint density at radius 1 is 1.29 bits per heavy atom. The molecule has 2 N–H and O–H groups in total. The van der Waals surface area contributed by atoms with Crippen LogP contribution in [0.15, 0.2) is 18.2 Å². The first-order valence-corrected chi connectivity index (χ1v) is 9.76. The normalized spacial score (nSPS) is 15.0. The van der Waals surface area contributed by atoms with Gasteiger partial charge in [-0.15, -0.1) is 0 Å². The summed E-state index contributed by atoms with van der Waals surface area (Å²) in [6, 6.07) is 5.32. The summed E-state index contributed by atoms with van der Waals surface area (Å²) in [5.41, 5.74) is 1.63. The zero-order valence-corrected chi connectivity index (χ0v) is 16.1. The lowest BCUT2D eigenvalue weighted by atomic mass is 10.2. The molecule has 2 amide bonds. The van der Waals surface area contributed by atoms with Gasteiger partial charge in [0.15, 0.2) is 16.6 Å². The molecule has 1 aromatic heterocycles. The molecule has 9 nitrogen and oxygen atoms in total. The molecule has 0 bridgehead atoms. The molecule has 0 saturated heterocycles. The van der Waals surface area contributed by atoms with Crippen LogP contribution in [0, 0.1) is 0 Å². The van der Waals surface area contributed by atoms with Crippen molar-refractivity contribution in [3.63, 3.8) is 0 Å². The second-order valence-electron chi connectivity index (χ2n) is 6.31. The molecule has 0 unspecified atom stereocenters. The number of ether oxygens (including phenoxy) is 3. The van der Waals surface area contributed by atoms with Crippen molar-refractivity contribution < 1.29 is 23.8 Å². The fourth-order valence-corrected chi connectivity index (χ4v) is 4.11. The van der Waals surface area contributed by atoms with E-state index in [2.05, 4.69) is 20.5 Å². The van der Waals surface area contributed by atoms with Crippen molar-refractivity contribution in [3.05, 3.63) is 28.8 Å². The van der Waals surface area contributed by atoms with Crippen LogP contribution in [0.4, 0.5) is 15.6 Å². The number of nitrogens with zero attached hydrogens (tertiary/aromatic N) is 2. The topological polar surface area (TPSA) is 102 Å². The van der Waals surface area contributed by atoms with E-state index < -0.39 is 6.09 Å². The lowest BCUT2D eigenvalue weighted by Crippen LogP contribution is -2.36. The van der Waals surface area contributed by atoms with Gasteiger partial charge in [0, 0.05) is 36.1 Å². The highest BCUT2D eigenvalue weighted by Crippen LogP contribution is 2.34. The van der Waals surface area contributed by atoms with Crippen molar-refractivity contribution in [2.24, 2.45) is 0 Å². The number of carbonyl (C=O) groups is 2. The number of fused-ring (bicyclic) bond motifs is 2. The molecule has 0 saturated carbocycles. The summed E-state index contributed by atoms with van der Waals surface area (Å²) in [6.45, 7) is 3.87. The largest absolute Gasteiger partial charge is 0.454 e. The van der Waals surface area contributed by atoms with E-state index in [4.69, 9.17) is 14.2 Å². The van der Waals surface area contributed by atoms with E-state index in [0.29, 0.717) is 35.5 Å². The van der Waals surface area contributed by atoms with Gasteiger partial charge in [-0.25, -0.2) is 9.78 Å². The van der Waals surface area contributed by atoms with Crippen LogP contribution in [-0.2, 0) is 22.5 Å². The summed E-state index contributed by atoms with van der Waals surface area (Å²) in [7, 11) is 0. The van der Waals surface area contributed by atoms with Crippen molar-refractivity contribution in [1.29, 1.82) is 0 Å². The zero-order valence-electron chi connectivity index (χ0n) is 15.3. The van der Waals surface area contributed by atoms with Gasteiger partial charge in [0.25, 0.3) is 0 Å². The fraction of sp³-hybridized carbons (Fsp3) is 0.389. The van der Waals surface area contributed by atoms with E-state index in [1.165, 1.54) is 11.3 Å². The third-order valence-corrected chi connectivity index (χ3v) is 5.32. The Bertz CT molecular complexity index is 900. The number of benzene rings is 1. The van der Waals surface area contributed by atoms with Gasteiger partial charge >= 0.3 is 6.09 Å². The highest BCUT2D eigenvalue weighted by atomic mass is 32.1. The number of rotatable bonds is 5. The predicted molar refractivity (Wildman–Crippen MR) is 103 cm³/mol. The predicted octanol–water partition coefficient (Wildman–Crippen LogP) is 2.44. The molecule has 28 heavy (non-hydrogen) atoms. The van der Waals surface area contributed by atoms with Gasteiger partial charge in [0.1, 0.15) is 0 Å². The molecule has 2 aliphatic rings. The molecule has 0 fully saturated rings. The average Bonchev–Trinajstić information content (AvgIpc) is 3.27. The lowest BCUT2D eigenvalue weighted by Gasteiger charge is -2.25. The third-order valence-electron chi connectivity index (χ3n) is 4.32. The highest BCUT2D eigenvalue weighted by Gasteiger charge is 2.23. The zero-order chi connectivity index (χ0) is 19.5. The van der Waals surface area contributed by atoms with Crippen LogP contribution in [0.2, 0.25) is 0 Å². The van der Waals surface area contributed by atoms with Gasteiger partial charge in [0.05, 0.1) is 18.8 Å². The molecule has 0 spiro atoms. The number of anilines is 2.